The number of carbonyl (C=O) groups is 1. The Morgan fingerprint density at radius 2 is 1.35 bits per heavy atom. The first-order valence-corrected chi connectivity index (χ1v) is 6.72. The fourth-order valence-corrected chi connectivity index (χ4v) is 1.81. The summed E-state index contributed by atoms with van der Waals surface area (Å²) in [6.45, 7) is 0. The highest BCUT2D eigenvalue weighted by molar-refractivity contribution is 5.99. The van der Waals surface area contributed by atoms with Crippen LogP contribution in [0.15, 0.2) is 30.6 Å². The van der Waals surface area contributed by atoms with Crippen LogP contribution < -0.4 is 15.4 Å². The van der Waals surface area contributed by atoms with Crippen molar-refractivity contribution < 1.29 is 35.9 Å². The van der Waals surface area contributed by atoms with Crippen LogP contribution in [0.3, 0.4) is 0 Å². The van der Waals surface area contributed by atoms with E-state index in [-0.39, 0.29) is 17.8 Å². The summed E-state index contributed by atoms with van der Waals surface area (Å²) in [6, 6.07) is -0.339. The lowest BCUT2D eigenvalue weighted by Crippen LogP contribution is -2.21. The second-order valence-electron chi connectivity index (χ2n) is 4.83. The maximum atomic E-state index is 12.8. The monoisotopic (exact) mass is 380 g/mol. The minimum atomic E-state index is -5.02. The molecular formula is C14H10F6N4O2. The number of methoxy groups -OCH3 is 1. The number of hydrogen-bond acceptors (Lipinski definition) is 4. The van der Waals surface area contributed by atoms with Crippen molar-refractivity contribution in [3.8, 4) is 6.01 Å². The number of carbonyl (C=O) groups excluding carboxylic acids is 1. The van der Waals surface area contributed by atoms with Crippen LogP contribution in [-0.4, -0.2) is 23.1 Å². The van der Waals surface area contributed by atoms with Gasteiger partial charge in [-0.15, -0.1) is 0 Å². The Morgan fingerprint density at radius 1 is 0.885 bits per heavy atom. The van der Waals surface area contributed by atoms with Gasteiger partial charge in [0.05, 0.1) is 36.3 Å². The second-order valence-corrected chi connectivity index (χ2v) is 4.83. The van der Waals surface area contributed by atoms with Gasteiger partial charge in [0, 0.05) is 5.69 Å². The van der Waals surface area contributed by atoms with Crippen LogP contribution in [0.4, 0.5) is 42.5 Å². The average Bonchev–Trinajstić information content (AvgIpc) is 2.53. The minimum absolute atomic E-state index is 0.00338. The van der Waals surface area contributed by atoms with Crippen molar-refractivity contribution in [2.75, 3.05) is 17.7 Å². The molecule has 0 bridgehead atoms. The molecule has 0 atom stereocenters. The van der Waals surface area contributed by atoms with E-state index in [9.17, 15) is 31.1 Å². The van der Waals surface area contributed by atoms with Crippen LogP contribution >= 0.6 is 0 Å². The molecule has 2 aromatic rings. The Labute approximate surface area is 142 Å². The number of alkyl halides is 6. The minimum Gasteiger partial charge on any atom is -0.467 e. The van der Waals surface area contributed by atoms with Crippen molar-refractivity contribution in [1.29, 1.82) is 0 Å². The highest BCUT2D eigenvalue weighted by atomic mass is 19.4. The third kappa shape index (κ3) is 4.97. The molecule has 12 heteroatoms. The van der Waals surface area contributed by atoms with Crippen molar-refractivity contribution in [2.45, 2.75) is 12.4 Å². The maximum absolute atomic E-state index is 12.8. The molecule has 1 aromatic heterocycles. The summed E-state index contributed by atoms with van der Waals surface area (Å²) in [5, 5.41) is 4.07. The average molecular weight is 380 g/mol. The lowest BCUT2D eigenvalue weighted by atomic mass is 10.1. The van der Waals surface area contributed by atoms with Crippen LogP contribution in [0, 0.1) is 0 Å². The standard InChI is InChI=1S/C14H10F6N4O2/c1-26-12-21-5-10(6-22-12)24-11(25)23-9-3-7(13(15,16)17)2-8(4-9)14(18,19)20/h2-6H,1H3,(H2,23,24,25). The predicted octanol–water partition coefficient (Wildman–Crippen LogP) is 4.17. The largest absolute Gasteiger partial charge is 0.467 e. The molecule has 1 heterocycles. The molecule has 2 amide bonds. The van der Waals surface area contributed by atoms with Gasteiger partial charge in [-0.3, -0.25) is 0 Å². The smallest absolute Gasteiger partial charge is 0.416 e. The maximum Gasteiger partial charge on any atom is 0.416 e. The Bertz CT molecular complexity index is 757. The van der Waals surface area contributed by atoms with Gasteiger partial charge in [0.2, 0.25) is 0 Å². The van der Waals surface area contributed by atoms with Gasteiger partial charge in [-0.25, -0.2) is 14.8 Å². The Hall–Kier alpha value is -3.05. The second kappa shape index (κ2) is 7.06. The summed E-state index contributed by atoms with van der Waals surface area (Å²) < 4.78 is 81.3. The van der Waals surface area contributed by atoms with Crippen LogP contribution in [-0.2, 0) is 12.4 Å². The van der Waals surface area contributed by atoms with E-state index in [1.807, 2.05) is 5.32 Å². The lowest BCUT2D eigenvalue weighted by Gasteiger charge is -2.15. The van der Waals surface area contributed by atoms with Crippen molar-refractivity contribution in [3.05, 3.63) is 41.7 Å². The number of nitrogens with one attached hydrogen (secondary N) is 2. The molecule has 0 fully saturated rings. The molecule has 0 spiro atoms. The summed E-state index contributed by atoms with van der Waals surface area (Å²) >= 11 is 0. The molecule has 0 aliphatic rings. The van der Waals surface area contributed by atoms with E-state index < -0.39 is 35.2 Å². The molecule has 1 aromatic carbocycles. The first kappa shape index (κ1) is 19.3. The van der Waals surface area contributed by atoms with E-state index >= 15 is 0 Å². The number of halogens is 6. The third-order valence-electron chi connectivity index (χ3n) is 2.91. The molecular weight excluding hydrogens is 370 g/mol. The predicted molar refractivity (Wildman–Crippen MR) is 77.7 cm³/mol. The summed E-state index contributed by atoms with van der Waals surface area (Å²) in [5.74, 6) is 0. The van der Waals surface area contributed by atoms with Gasteiger partial charge in [0.25, 0.3) is 0 Å². The number of aromatic nitrogens is 2. The fourth-order valence-electron chi connectivity index (χ4n) is 1.81. The van der Waals surface area contributed by atoms with E-state index in [0.717, 1.165) is 12.4 Å². The number of hydrogen-bond donors (Lipinski definition) is 2. The fraction of sp³-hybridized carbons (Fsp3) is 0.214. The highest BCUT2D eigenvalue weighted by Gasteiger charge is 2.37. The zero-order valence-electron chi connectivity index (χ0n) is 12.9. The van der Waals surface area contributed by atoms with E-state index in [0.29, 0.717) is 12.1 Å². The molecule has 140 valence electrons. The zero-order chi connectivity index (χ0) is 19.5. The van der Waals surface area contributed by atoms with Gasteiger partial charge in [-0.2, -0.15) is 26.3 Å². The highest BCUT2D eigenvalue weighted by Crippen LogP contribution is 2.37. The molecule has 2 rings (SSSR count). The third-order valence-corrected chi connectivity index (χ3v) is 2.91. The number of ether oxygens (including phenoxy) is 1. The summed E-state index contributed by atoms with van der Waals surface area (Å²) in [6.07, 6.45) is -7.76. The van der Waals surface area contributed by atoms with E-state index in [1.165, 1.54) is 7.11 Å². The van der Waals surface area contributed by atoms with Gasteiger partial charge >= 0.3 is 24.4 Å². The normalized spacial score (nSPS) is 11.8. The summed E-state index contributed by atoms with van der Waals surface area (Å²) in [4.78, 5) is 19.1. The molecule has 0 aliphatic heterocycles. The molecule has 0 saturated heterocycles. The SMILES string of the molecule is COc1ncc(NC(=O)Nc2cc(C(F)(F)F)cc(C(F)(F)F)c2)cn1. The van der Waals surface area contributed by atoms with E-state index in [1.54, 1.807) is 0 Å². The first-order valence-electron chi connectivity index (χ1n) is 6.72. The quantitative estimate of drug-likeness (QED) is 0.784. The molecule has 0 aliphatic carbocycles. The van der Waals surface area contributed by atoms with Crippen LogP contribution in [0.2, 0.25) is 0 Å². The van der Waals surface area contributed by atoms with Gasteiger partial charge in [-0.1, -0.05) is 0 Å². The Kier molecular flexibility index (Phi) is 5.23. The number of nitrogens with zero attached hydrogens (tertiary/aromatic N) is 2. The van der Waals surface area contributed by atoms with Crippen LogP contribution in [0.5, 0.6) is 6.01 Å². The number of amides is 2. The zero-order valence-corrected chi connectivity index (χ0v) is 12.9. The Balaban J connectivity index is 2.22. The molecule has 0 unspecified atom stereocenters. The molecule has 2 N–H and O–H groups in total. The lowest BCUT2D eigenvalue weighted by molar-refractivity contribution is -0.143. The van der Waals surface area contributed by atoms with Crippen LogP contribution in [0.1, 0.15) is 11.1 Å². The van der Waals surface area contributed by atoms with E-state index in [4.69, 9.17) is 4.74 Å². The number of urea groups is 1. The van der Waals surface area contributed by atoms with Crippen molar-refractivity contribution in [1.82, 2.24) is 9.97 Å². The molecule has 0 radical (unpaired) electrons. The molecule has 6 nitrogen and oxygen atoms in total. The van der Waals surface area contributed by atoms with Gasteiger partial charge in [0.15, 0.2) is 0 Å². The van der Waals surface area contributed by atoms with Crippen molar-refractivity contribution in [2.24, 2.45) is 0 Å². The van der Waals surface area contributed by atoms with Gasteiger partial charge in [-0.05, 0) is 18.2 Å². The van der Waals surface area contributed by atoms with E-state index in [2.05, 4.69) is 15.3 Å². The summed E-state index contributed by atoms with van der Waals surface area (Å²) in [5.41, 5.74) is -3.73. The van der Waals surface area contributed by atoms with Crippen molar-refractivity contribution >= 4 is 17.4 Å². The van der Waals surface area contributed by atoms with Crippen molar-refractivity contribution in [3.63, 3.8) is 0 Å². The molecule has 0 saturated carbocycles. The topological polar surface area (TPSA) is 76.1 Å². The van der Waals surface area contributed by atoms with Gasteiger partial charge in [0.1, 0.15) is 0 Å². The van der Waals surface area contributed by atoms with Gasteiger partial charge < -0.3 is 15.4 Å². The number of rotatable bonds is 3. The van der Waals surface area contributed by atoms with Crippen LogP contribution in [0.25, 0.3) is 0 Å². The number of benzene rings is 1. The first-order chi connectivity index (χ1) is 12.0. The molecule has 26 heavy (non-hydrogen) atoms. The summed E-state index contributed by atoms with van der Waals surface area (Å²) in [7, 11) is 1.31. The Morgan fingerprint density at radius 3 is 1.77 bits per heavy atom. The number of anilines is 2.